The summed E-state index contributed by atoms with van der Waals surface area (Å²) in [6.07, 6.45) is 123. The molecule has 0 amide bonds. The van der Waals surface area contributed by atoms with E-state index in [-0.39, 0.29) is 32.6 Å². The van der Waals surface area contributed by atoms with Gasteiger partial charge in [-0.25, -0.2) is 4.57 Å². The number of rotatable bonds is 69. The number of carbonyl (C=O) groups is 2. The van der Waals surface area contributed by atoms with Crippen LogP contribution in [0.3, 0.4) is 0 Å². The molecule has 0 heterocycles. The molecule has 3 N–H and O–H groups in total. The fraction of sp³-hybridized carbons (Fsp3) is 0.563. The minimum absolute atomic E-state index is 0.0397. The molecule has 2 unspecified atom stereocenters. The number of unbranched alkanes of at least 4 members (excludes halogenated alkanes) is 20. The molecule has 2 atom stereocenters. The summed E-state index contributed by atoms with van der Waals surface area (Å²) in [5.41, 5.74) is 5.41. The molecule has 9 nitrogen and oxygen atoms in total. The second kappa shape index (κ2) is 79.3. The van der Waals surface area contributed by atoms with Crippen LogP contribution in [0.4, 0.5) is 0 Å². The Morgan fingerprint density at radius 3 is 0.794 bits per heavy atom. The van der Waals surface area contributed by atoms with E-state index >= 15 is 0 Å². The molecule has 10 heteroatoms. The van der Waals surface area contributed by atoms with Crippen LogP contribution < -0.4 is 5.73 Å². The number of phosphoric ester groups is 1. The molecule has 0 fully saturated rings. The van der Waals surface area contributed by atoms with E-state index in [0.717, 1.165) is 173 Å². The lowest BCUT2D eigenvalue weighted by molar-refractivity contribution is -0.161. The summed E-state index contributed by atoms with van der Waals surface area (Å²) < 4.78 is 33.2. The summed E-state index contributed by atoms with van der Waals surface area (Å²) in [5.74, 6) is -0.860. The van der Waals surface area contributed by atoms with Gasteiger partial charge in [0.15, 0.2) is 6.10 Å². The van der Waals surface area contributed by atoms with E-state index in [0.29, 0.717) is 6.42 Å². The first-order chi connectivity index (χ1) is 47.8. The van der Waals surface area contributed by atoms with Gasteiger partial charge < -0.3 is 20.1 Å². The lowest BCUT2D eigenvalue weighted by atomic mass is 10.0. The standard InChI is InChI=1S/C87H138NO8P/c1-3-5-7-9-11-13-15-17-19-21-23-25-27-29-31-33-35-37-39-41-42-44-46-48-50-52-54-56-58-60-62-64-66-68-70-72-74-76-78-80-87(90)96-85(84-95-97(91,92)94-82-81-88)83-93-86(89)79-77-75-73-71-69-67-65-63-61-59-57-55-53-51-49-47-45-43-40-38-36-34-32-30-28-26-24-22-20-18-16-14-12-10-8-6-4-2/h5-8,11-14,17-20,23-26,29-32,35-38,41-43,45-46,48,52,54,58,60,64,66,85H,3-4,9-10,15-16,21-22,27-28,33-34,39-40,44,47,49-51,53,55-57,59,61-63,65,67-84,88H2,1-2H3,(H,91,92)/b7-5-,8-6-,13-11-,14-12-,19-17-,20-18-,25-23-,26-24-,31-29-,32-30-,37-35-,38-36-,42-41-,45-43-,48-46-,54-52-,60-58-,66-64-. The third-order valence-corrected chi connectivity index (χ3v) is 16.3. The molecule has 544 valence electrons. The van der Waals surface area contributed by atoms with Crippen LogP contribution in [0.15, 0.2) is 219 Å². The number of esters is 2. The zero-order valence-electron chi connectivity index (χ0n) is 61.2. The van der Waals surface area contributed by atoms with Gasteiger partial charge >= 0.3 is 19.8 Å². The molecule has 0 aliphatic heterocycles. The monoisotopic (exact) mass is 1360 g/mol. The van der Waals surface area contributed by atoms with Crippen LogP contribution in [0.2, 0.25) is 0 Å². The molecule has 0 aliphatic rings. The van der Waals surface area contributed by atoms with Gasteiger partial charge in [0.05, 0.1) is 13.2 Å². The number of hydrogen-bond acceptors (Lipinski definition) is 8. The van der Waals surface area contributed by atoms with Crippen LogP contribution in [-0.4, -0.2) is 49.3 Å². The molecule has 0 aliphatic carbocycles. The normalized spacial score (nSPS) is 14.1. The molecule has 0 spiro atoms. The van der Waals surface area contributed by atoms with E-state index in [1.165, 1.54) is 77.0 Å². The second-order valence-electron chi connectivity index (χ2n) is 24.4. The Morgan fingerprint density at radius 1 is 0.309 bits per heavy atom. The maximum Gasteiger partial charge on any atom is 0.472 e. The highest BCUT2D eigenvalue weighted by atomic mass is 31.2. The highest BCUT2D eigenvalue weighted by Crippen LogP contribution is 2.43. The van der Waals surface area contributed by atoms with Crippen molar-refractivity contribution in [2.24, 2.45) is 5.73 Å². The Hall–Kier alpha value is -5.67. The van der Waals surface area contributed by atoms with Gasteiger partial charge in [0.25, 0.3) is 0 Å². The van der Waals surface area contributed by atoms with Crippen molar-refractivity contribution in [1.82, 2.24) is 0 Å². The number of nitrogens with two attached hydrogens (primary N) is 1. The van der Waals surface area contributed by atoms with E-state index < -0.39 is 32.5 Å². The van der Waals surface area contributed by atoms with Gasteiger partial charge in [-0.1, -0.05) is 335 Å². The van der Waals surface area contributed by atoms with Crippen LogP contribution >= 0.6 is 7.82 Å². The van der Waals surface area contributed by atoms with Crippen LogP contribution in [0.5, 0.6) is 0 Å². The van der Waals surface area contributed by atoms with Crippen molar-refractivity contribution in [3.05, 3.63) is 219 Å². The largest absolute Gasteiger partial charge is 0.472 e. The number of ether oxygens (including phenoxy) is 2. The first-order valence-electron chi connectivity index (χ1n) is 38.2. The highest BCUT2D eigenvalue weighted by Gasteiger charge is 2.26. The summed E-state index contributed by atoms with van der Waals surface area (Å²) >= 11 is 0. The molecule has 97 heavy (non-hydrogen) atoms. The minimum Gasteiger partial charge on any atom is -0.462 e. The SMILES string of the molecule is CC/C=C\C/C=C\C/C=C\C/C=C\C/C=C\C/C=C\C/C=C\C/C=C\C/C=C\C/C=C\C/C=C\CCCCCCCC(=O)OC(COC(=O)CCCCCCCCCCCCCCCCC/C=C\C/C=C\C/C=C\C/C=C\C/C=C\C/C=C\C/C=C\CC)COP(=O)(O)OCCN. The topological polar surface area (TPSA) is 134 Å². The number of allylic oxidation sites excluding steroid dienone is 36. The van der Waals surface area contributed by atoms with Crippen molar-refractivity contribution >= 4 is 19.8 Å². The summed E-state index contributed by atoms with van der Waals surface area (Å²) in [6.45, 7) is 3.48. The maximum atomic E-state index is 12.8. The van der Waals surface area contributed by atoms with Crippen LogP contribution in [0.1, 0.15) is 284 Å². The maximum absolute atomic E-state index is 12.8. The fourth-order valence-electron chi connectivity index (χ4n) is 9.80. The van der Waals surface area contributed by atoms with Crippen molar-refractivity contribution in [2.75, 3.05) is 26.4 Å². The molecule has 0 aromatic heterocycles. The minimum atomic E-state index is -4.42. The molecular formula is C87H138NO8P. The molecule has 0 radical (unpaired) electrons. The van der Waals surface area contributed by atoms with Crippen LogP contribution in [0, 0.1) is 0 Å². The van der Waals surface area contributed by atoms with Gasteiger partial charge in [0, 0.05) is 19.4 Å². The average molecular weight is 1360 g/mol. The van der Waals surface area contributed by atoms with Gasteiger partial charge in [-0.2, -0.15) is 0 Å². The van der Waals surface area contributed by atoms with E-state index in [4.69, 9.17) is 24.3 Å². The predicted molar refractivity (Wildman–Crippen MR) is 421 cm³/mol. The quantitative estimate of drug-likeness (QED) is 0.0264. The molecule has 0 saturated heterocycles. The van der Waals surface area contributed by atoms with Crippen LogP contribution in [0.25, 0.3) is 0 Å². The Morgan fingerprint density at radius 2 is 0.536 bits per heavy atom. The summed E-state index contributed by atoms with van der Waals surface area (Å²) in [6, 6.07) is 0. The number of carbonyl (C=O) groups excluding carboxylic acids is 2. The van der Waals surface area contributed by atoms with Crippen molar-refractivity contribution < 1.29 is 37.6 Å². The molecular weight excluding hydrogens is 1220 g/mol. The summed E-state index contributed by atoms with van der Waals surface area (Å²) in [4.78, 5) is 35.4. The van der Waals surface area contributed by atoms with Crippen molar-refractivity contribution in [3.63, 3.8) is 0 Å². The van der Waals surface area contributed by atoms with Gasteiger partial charge in [0.2, 0.25) is 0 Å². The fourth-order valence-corrected chi connectivity index (χ4v) is 10.6. The molecule has 0 aromatic rings. The molecule has 0 aromatic carbocycles. The Bertz CT molecular complexity index is 2400. The zero-order valence-corrected chi connectivity index (χ0v) is 62.1. The van der Waals surface area contributed by atoms with Crippen molar-refractivity contribution in [1.29, 1.82) is 0 Å². The lowest BCUT2D eigenvalue weighted by Gasteiger charge is -2.19. The smallest absolute Gasteiger partial charge is 0.462 e. The first-order valence-corrected chi connectivity index (χ1v) is 39.7. The van der Waals surface area contributed by atoms with Gasteiger partial charge in [0.1, 0.15) is 6.61 Å². The zero-order chi connectivity index (χ0) is 70.0. The Balaban J connectivity index is 3.98. The van der Waals surface area contributed by atoms with Gasteiger partial charge in [-0.3, -0.25) is 18.6 Å². The number of hydrogen-bond donors (Lipinski definition) is 2. The summed E-state index contributed by atoms with van der Waals surface area (Å²) in [5, 5.41) is 0. The Labute approximate surface area is 594 Å². The third kappa shape index (κ3) is 79.2. The van der Waals surface area contributed by atoms with Gasteiger partial charge in [-0.05, 0) is 154 Å². The Kier molecular flexibility index (Phi) is 74.7. The van der Waals surface area contributed by atoms with Gasteiger partial charge in [-0.15, -0.1) is 0 Å². The highest BCUT2D eigenvalue weighted by molar-refractivity contribution is 7.47. The van der Waals surface area contributed by atoms with E-state index in [9.17, 15) is 19.0 Å². The van der Waals surface area contributed by atoms with E-state index in [2.05, 4.69) is 233 Å². The third-order valence-electron chi connectivity index (χ3n) is 15.4. The average Bonchev–Trinajstić information content (AvgIpc) is 2.88. The predicted octanol–water partition coefficient (Wildman–Crippen LogP) is 26.0. The van der Waals surface area contributed by atoms with Crippen molar-refractivity contribution in [2.45, 2.75) is 290 Å². The lowest BCUT2D eigenvalue weighted by Crippen LogP contribution is -2.29. The second-order valence-corrected chi connectivity index (χ2v) is 25.9. The summed E-state index contributed by atoms with van der Waals surface area (Å²) in [7, 11) is -4.42. The van der Waals surface area contributed by atoms with E-state index in [1.807, 2.05) is 0 Å². The van der Waals surface area contributed by atoms with Crippen molar-refractivity contribution in [3.8, 4) is 0 Å². The molecule has 0 rings (SSSR count). The van der Waals surface area contributed by atoms with E-state index in [1.54, 1.807) is 0 Å². The molecule has 0 bridgehead atoms. The number of phosphoric acid groups is 1. The first kappa shape index (κ1) is 91.3. The van der Waals surface area contributed by atoms with Crippen LogP contribution in [-0.2, 0) is 32.7 Å². The molecule has 0 saturated carbocycles.